The van der Waals surface area contributed by atoms with Crippen LogP contribution in [0.3, 0.4) is 0 Å². The Morgan fingerprint density at radius 2 is 2.20 bits per heavy atom. The van der Waals surface area contributed by atoms with E-state index < -0.39 is 9.84 Å². The molecule has 0 spiro atoms. The smallest absolute Gasteiger partial charge is 0.182 e. The van der Waals surface area contributed by atoms with Crippen molar-refractivity contribution >= 4 is 9.84 Å². The van der Waals surface area contributed by atoms with Gasteiger partial charge in [-0.2, -0.15) is 0 Å². The Bertz CT molecular complexity index is 468. The Hall–Kier alpha value is -1.07. The molecule has 0 atom stereocenters. The van der Waals surface area contributed by atoms with Gasteiger partial charge in [-0.3, -0.25) is 0 Å². The number of sulfone groups is 1. The van der Waals surface area contributed by atoms with Crippen LogP contribution in [-0.4, -0.2) is 27.3 Å². The molecule has 1 aromatic carbocycles. The first-order chi connectivity index (χ1) is 7.15. The summed E-state index contributed by atoms with van der Waals surface area (Å²) in [7, 11) is -3.13. The van der Waals surface area contributed by atoms with Crippen molar-refractivity contribution in [1.82, 2.24) is 0 Å². The number of rotatable bonds is 3. The largest absolute Gasteiger partial charge is 0.491 e. The van der Waals surface area contributed by atoms with E-state index in [0.717, 1.165) is 5.56 Å². The summed E-state index contributed by atoms with van der Waals surface area (Å²) in [5, 5.41) is 0. The molecule has 15 heavy (non-hydrogen) atoms. The van der Waals surface area contributed by atoms with Gasteiger partial charge in [0.05, 0.1) is 5.75 Å². The van der Waals surface area contributed by atoms with Crippen molar-refractivity contribution in [2.45, 2.75) is 11.3 Å². The molecule has 0 fully saturated rings. The molecule has 1 aliphatic heterocycles. The fourth-order valence-corrected chi connectivity index (χ4v) is 3.44. The Morgan fingerprint density at radius 3 is 2.93 bits per heavy atom. The first-order valence-corrected chi connectivity index (χ1v) is 6.48. The van der Waals surface area contributed by atoms with Gasteiger partial charge in [0.2, 0.25) is 0 Å². The van der Waals surface area contributed by atoms with Crippen LogP contribution in [0, 0.1) is 0 Å². The van der Waals surface area contributed by atoms with E-state index in [0.29, 0.717) is 30.2 Å². The third-order valence-electron chi connectivity index (χ3n) is 2.39. The molecule has 0 aliphatic carbocycles. The lowest BCUT2D eigenvalue weighted by Crippen LogP contribution is -2.12. The highest BCUT2D eigenvalue weighted by Gasteiger charge is 2.29. The first kappa shape index (κ1) is 10.4. The van der Waals surface area contributed by atoms with E-state index in [1.807, 2.05) is 12.1 Å². The molecule has 2 N–H and O–H groups in total. The monoisotopic (exact) mass is 227 g/mol. The maximum Gasteiger partial charge on any atom is 0.182 e. The van der Waals surface area contributed by atoms with Crippen molar-refractivity contribution in [1.29, 1.82) is 0 Å². The Morgan fingerprint density at radius 1 is 1.40 bits per heavy atom. The van der Waals surface area contributed by atoms with Crippen LogP contribution in [0.4, 0.5) is 0 Å². The van der Waals surface area contributed by atoms with Crippen LogP contribution < -0.4 is 10.5 Å². The lowest BCUT2D eigenvalue weighted by Gasteiger charge is -2.08. The summed E-state index contributed by atoms with van der Waals surface area (Å²) in [5.41, 5.74) is 6.17. The number of fused-ring (bicyclic) bond motifs is 1. The Kier molecular flexibility index (Phi) is 2.67. The van der Waals surface area contributed by atoms with Crippen molar-refractivity contribution in [3.8, 4) is 5.75 Å². The molecule has 2 rings (SSSR count). The van der Waals surface area contributed by atoms with Gasteiger partial charge in [-0.15, -0.1) is 0 Å². The highest BCUT2D eigenvalue weighted by molar-refractivity contribution is 7.91. The summed E-state index contributed by atoms with van der Waals surface area (Å²) in [5.74, 6) is 0.626. The maximum atomic E-state index is 11.7. The first-order valence-electron chi connectivity index (χ1n) is 4.82. The molecule has 5 heteroatoms. The predicted molar refractivity (Wildman–Crippen MR) is 56.7 cm³/mol. The van der Waals surface area contributed by atoms with Crippen molar-refractivity contribution in [3.63, 3.8) is 0 Å². The van der Waals surface area contributed by atoms with Crippen LogP contribution in [0.1, 0.15) is 5.56 Å². The molecule has 82 valence electrons. The summed E-state index contributed by atoms with van der Waals surface area (Å²) in [4.78, 5) is 0.360. The zero-order chi connectivity index (χ0) is 10.9. The van der Waals surface area contributed by atoms with Crippen molar-refractivity contribution < 1.29 is 13.2 Å². The average Bonchev–Trinajstić information content (AvgIpc) is 2.53. The van der Waals surface area contributed by atoms with Crippen LogP contribution in [0.25, 0.3) is 0 Å². The summed E-state index contributed by atoms with van der Waals surface area (Å²) in [6.07, 6.45) is 0.581. The van der Waals surface area contributed by atoms with E-state index in [9.17, 15) is 8.42 Å². The van der Waals surface area contributed by atoms with E-state index in [-0.39, 0.29) is 5.75 Å². The molecule has 1 aromatic rings. The minimum atomic E-state index is -3.13. The third-order valence-corrected chi connectivity index (χ3v) is 4.21. The minimum Gasteiger partial charge on any atom is -0.491 e. The van der Waals surface area contributed by atoms with E-state index in [4.69, 9.17) is 10.5 Å². The standard InChI is InChI=1S/C10H13NO3S/c11-5-6-14-9-3-1-2-8-4-7-15(12,13)10(8)9/h1-3H,4-7,11H2. The molecule has 0 bridgehead atoms. The molecule has 0 amide bonds. The summed E-state index contributed by atoms with van der Waals surface area (Å²) in [6.45, 7) is 0.718. The number of hydrogen-bond acceptors (Lipinski definition) is 4. The van der Waals surface area contributed by atoms with E-state index in [2.05, 4.69) is 0 Å². The van der Waals surface area contributed by atoms with Crippen molar-refractivity contribution in [2.24, 2.45) is 5.73 Å². The van der Waals surface area contributed by atoms with Gasteiger partial charge in [0.15, 0.2) is 9.84 Å². The second kappa shape index (κ2) is 3.83. The zero-order valence-electron chi connectivity index (χ0n) is 8.27. The van der Waals surface area contributed by atoms with Crippen molar-refractivity contribution in [2.75, 3.05) is 18.9 Å². The van der Waals surface area contributed by atoms with Crippen LogP contribution >= 0.6 is 0 Å². The molecular formula is C10H13NO3S. The van der Waals surface area contributed by atoms with Gasteiger partial charge in [0, 0.05) is 6.54 Å². The Labute approximate surface area is 89.0 Å². The molecule has 4 nitrogen and oxygen atoms in total. The summed E-state index contributed by atoms with van der Waals surface area (Å²) in [6, 6.07) is 5.32. The lowest BCUT2D eigenvalue weighted by atomic mass is 10.2. The van der Waals surface area contributed by atoms with E-state index >= 15 is 0 Å². The van der Waals surface area contributed by atoms with Crippen LogP contribution in [0.15, 0.2) is 23.1 Å². The lowest BCUT2D eigenvalue weighted by molar-refractivity contribution is 0.319. The normalized spacial score (nSPS) is 17.4. The maximum absolute atomic E-state index is 11.7. The minimum absolute atomic E-state index is 0.186. The average molecular weight is 227 g/mol. The second-order valence-corrected chi connectivity index (χ2v) is 5.50. The Balaban J connectivity index is 2.45. The fraction of sp³-hybridized carbons (Fsp3) is 0.400. The molecule has 0 aromatic heterocycles. The van der Waals surface area contributed by atoms with Gasteiger partial charge in [0.1, 0.15) is 17.3 Å². The number of aryl methyl sites for hydroxylation is 1. The van der Waals surface area contributed by atoms with E-state index in [1.54, 1.807) is 6.07 Å². The number of nitrogens with two attached hydrogens (primary N) is 1. The second-order valence-electron chi connectivity index (χ2n) is 3.45. The number of benzene rings is 1. The fourth-order valence-electron chi connectivity index (χ4n) is 1.74. The van der Waals surface area contributed by atoms with Crippen molar-refractivity contribution in [3.05, 3.63) is 23.8 Å². The topological polar surface area (TPSA) is 69.4 Å². The zero-order valence-corrected chi connectivity index (χ0v) is 9.09. The number of hydrogen-bond donors (Lipinski definition) is 1. The van der Waals surface area contributed by atoms with Gasteiger partial charge in [0.25, 0.3) is 0 Å². The quantitative estimate of drug-likeness (QED) is 0.809. The molecule has 0 saturated heterocycles. The summed E-state index contributed by atoms with van der Waals surface area (Å²) < 4.78 is 28.8. The van der Waals surface area contributed by atoms with Crippen LogP contribution in [0.5, 0.6) is 5.75 Å². The van der Waals surface area contributed by atoms with Crippen LogP contribution in [-0.2, 0) is 16.3 Å². The summed E-state index contributed by atoms with van der Waals surface area (Å²) >= 11 is 0. The molecular weight excluding hydrogens is 214 g/mol. The van der Waals surface area contributed by atoms with Crippen LogP contribution in [0.2, 0.25) is 0 Å². The highest BCUT2D eigenvalue weighted by atomic mass is 32.2. The molecule has 0 saturated carbocycles. The van der Waals surface area contributed by atoms with Gasteiger partial charge in [-0.1, -0.05) is 12.1 Å². The van der Waals surface area contributed by atoms with Gasteiger partial charge < -0.3 is 10.5 Å². The van der Waals surface area contributed by atoms with E-state index in [1.165, 1.54) is 0 Å². The molecule has 1 heterocycles. The predicted octanol–water partition coefficient (Wildman–Crippen LogP) is 0.354. The third kappa shape index (κ3) is 1.85. The molecule has 1 aliphatic rings. The van der Waals surface area contributed by atoms with Gasteiger partial charge in [-0.25, -0.2) is 8.42 Å². The highest BCUT2D eigenvalue weighted by Crippen LogP contribution is 2.33. The van der Waals surface area contributed by atoms with Gasteiger partial charge >= 0.3 is 0 Å². The number of ether oxygens (including phenoxy) is 1. The molecule has 0 radical (unpaired) electrons. The SMILES string of the molecule is NCCOc1cccc2c1S(=O)(=O)CC2. The molecule has 0 unspecified atom stereocenters. The van der Waals surface area contributed by atoms with Gasteiger partial charge in [-0.05, 0) is 18.1 Å².